The average Bonchev–Trinajstić information content (AvgIpc) is 2.90. The van der Waals surface area contributed by atoms with Gasteiger partial charge in [0.25, 0.3) is 0 Å². The zero-order chi connectivity index (χ0) is 24.2. The number of H-pyrrole nitrogens is 1. The van der Waals surface area contributed by atoms with E-state index >= 15 is 0 Å². The molecule has 0 bridgehead atoms. The minimum Gasteiger partial charge on any atom is -0.355 e. The van der Waals surface area contributed by atoms with Crippen LogP contribution in [0.15, 0.2) is 91.0 Å². The van der Waals surface area contributed by atoms with Crippen molar-refractivity contribution in [2.45, 2.75) is 13.0 Å². The minimum atomic E-state index is -0.0674. The molecule has 5 rings (SSSR count). The minimum absolute atomic E-state index is 0.0674. The zero-order valence-electron chi connectivity index (χ0n) is 19.7. The van der Waals surface area contributed by atoms with E-state index in [1.807, 2.05) is 30.3 Å². The second-order valence-corrected chi connectivity index (χ2v) is 9.17. The number of aromatic nitrogens is 2. The maximum atomic E-state index is 12.6. The summed E-state index contributed by atoms with van der Waals surface area (Å²) in [5.74, 6) is 1.39. The number of nitrogens with zero attached hydrogens (tertiary/aromatic N) is 3. The standard InChI is InChI=1S/C29H28N4OS/c1-21(34)25-28(30-27(31-29(25)35)24-15-9-4-10-16-24)33-19-17-32(18-20-33)26(22-11-5-2-6-12-22)23-13-7-3-8-14-23/h2-16,26H,17-20H2,1H3,(H,30,31,35). The van der Waals surface area contributed by atoms with E-state index in [0.717, 1.165) is 37.6 Å². The van der Waals surface area contributed by atoms with Gasteiger partial charge in [-0.05, 0) is 18.1 Å². The van der Waals surface area contributed by atoms with Crippen molar-refractivity contribution >= 4 is 23.8 Å². The van der Waals surface area contributed by atoms with Crippen molar-refractivity contribution in [2.24, 2.45) is 0 Å². The molecule has 1 aliphatic rings. The number of benzene rings is 3. The van der Waals surface area contributed by atoms with Gasteiger partial charge in [-0.25, -0.2) is 4.98 Å². The van der Waals surface area contributed by atoms with Crippen LogP contribution in [0.5, 0.6) is 0 Å². The molecule has 1 fully saturated rings. The lowest BCUT2D eigenvalue weighted by Crippen LogP contribution is -2.48. The number of hydrogen-bond donors (Lipinski definition) is 1. The fourth-order valence-corrected chi connectivity index (χ4v) is 5.17. The number of rotatable bonds is 6. The lowest BCUT2D eigenvalue weighted by Gasteiger charge is -2.41. The summed E-state index contributed by atoms with van der Waals surface area (Å²) in [7, 11) is 0. The number of carbonyl (C=O) groups is 1. The molecule has 1 aliphatic heterocycles. The third-order valence-electron chi connectivity index (χ3n) is 6.53. The van der Waals surface area contributed by atoms with Crippen LogP contribution in [-0.2, 0) is 0 Å². The van der Waals surface area contributed by atoms with Crippen molar-refractivity contribution in [1.82, 2.24) is 14.9 Å². The second-order valence-electron chi connectivity index (χ2n) is 8.78. The van der Waals surface area contributed by atoms with Crippen molar-refractivity contribution in [3.8, 4) is 11.4 Å². The maximum Gasteiger partial charge on any atom is 0.166 e. The van der Waals surface area contributed by atoms with Crippen molar-refractivity contribution < 1.29 is 4.79 Å². The molecule has 0 unspecified atom stereocenters. The van der Waals surface area contributed by atoms with E-state index in [1.165, 1.54) is 11.1 Å². The number of piperazine rings is 1. The molecular weight excluding hydrogens is 452 g/mol. The monoisotopic (exact) mass is 480 g/mol. The largest absolute Gasteiger partial charge is 0.355 e. The Balaban J connectivity index is 1.45. The second kappa shape index (κ2) is 10.3. The van der Waals surface area contributed by atoms with Gasteiger partial charge in [-0.2, -0.15) is 0 Å². The first-order valence-electron chi connectivity index (χ1n) is 11.9. The van der Waals surface area contributed by atoms with Crippen LogP contribution >= 0.6 is 12.2 Å². The van der Waals surface area contributed by atoms with Crippen molar-refractivity contribution in [1.29, 1.82) is 0 Å². The Hall–Kier alpha value is -3.61. The number of ketones is 1. The molecule has 0 saturated carbocycles. The van der Waals surface area contributed by atoms with Gasteiger partial charge in [0.2, 0.25) is 0 Å². The van der Waals surface area contributed by atoms with Gasteiger partial charge in [-0.1, -0.05) is 103 Å². The number of aromatic amines is 1. The molecular formula is C29H28N4OS. The van der Waals surface area contributed by atoms with Crippen LogP contribution in [0, 0.1) is 4.64 Å². The van der Waals surface area contributed by atoms with Crippen molar-refractivity contribution in [3.05, 3.63) is 112 Å². The normalized spacial score (nSPS) is 14.3. The molecule has 4 aromatic rings. The summed E-state index contributed by atoms with van der Waals surface area (Å²) in [6.07, 6.45) is 0. The molecule has 3 aromatic carbocycles. The van der Waals surface area contributed by atoms with E-state index in [-0.39, 0.29) is 11.8 Å². The lowest BCUT2D eigenvalue weighted by atomic mass is 9.96. The Morgan fingerprint density at radius 1 is 0.829 bits per heavy atom. The van der Waals surface area contributed by atoms with E-state index < -0.39 is 0 Å². The molecule has 1 saturated heterocycles. The summed E-state index contributed by atoms with van der Waals surface area (Å²) in [5.41, 5.74) is 4.01. The van der Waals surface area contributed by atoms with Crippen LogP contribution in [-0.4, -0.2) is 46.8 Å². The molecule has 35 heavy (non-hydrogen) atoms. The average molecular weight is 481 g/mol. The van der Waals surface area contributed by atoms with Gasteiger partial charge in [-0.3, -0.25) is 9.69 Å². The molecule has 0 spiro atoms. The van der Waals surface area contributed by atoms with E-state index in [1.54, 1.807) is 6.92 Å². The van der Waals surface area contributed by atoms with Crippen LogP contribution in [0.4, 0.5) is 5.82 Å². The zero-order valence-corrected chi connectivity index (χ0v) is 20.5. The lowest BCUT2D eigenvalue weighted by molar-refractivity contribution is 0.101. The smallest absolute Gasteiger partial charge is 0.166 e. The fraction of sp³-hybridized carbons (Fsp3) is 0.207. The van der Waals surface area contributed by atoms with Gasteiger partial charge in [0, 0.05) is 31.7 Å². The first kappa shape index (κ1) is 23.1. The highest BCUT2D eigenvalue weighted by molar-refractivity contribution is 7.71. The van der Waals surface area contributed by atoms with Gasteiger partial charge >= 0.3 is 0 Å². The van der Waals surface area contributed by atoms with E-state index in [4.69, 9.17) is 12.2 Å². The Bertz CT molecular complexity index is 1310. The third kappa shape index (κ3) is 4.94. The highest BCUT2D eigenvalue weighted by atomic mass is 32.1. The summed E-state index contributed by atoms with van der Waals surface area (Å²) in [6.45, 7) is 4.83. The number of carbonyl (C=O) groups excluding carboxylic acids is 1. The predicted octanol–water partition coefficient (Wildman–Crippen LogP) is 5.92. The van der Waals surface area contributed by atoms with Crippen molar-refractivity contribution in [2.75, 3.05) is 31.1 Å². The Morgan fingerprint density at radius 2 is 1.34 bits per heavy atom. The molecule has 1 N–H and O–H groups in total. The SMILES string of the molecule is CC(=O)c1c(N2CCN(C(c3ccccc3)c3ccccc3)CC2)[nH]c(-c2ccccc2)nc1=S. The van der Waals surface area contributed by atoms with E-state index in [0.29, 0.717) is 16.0 Å². The first-order valence-corrected chi connectivity index (χ1v) is 12.3. The summed E-state index contributed by atoms with van der Waals surface area (Å²) in [6, 6.07) is 31.4. The van der Waals surface area contributed by atoms with Gasteiger partial charge < -0.3 is 9.88 Å². The predicted molar refractivity (Wildman–Crippen MR) is 143 cm³/mol. The van der Waals surface area contributed by atoms with Crippen LogP contribution in [0.25, 0.3) is 11.4 Å². The van der Waals surface area contributed by atoms with Gasteiger partial charge in [-0.15, -0.1) is 0 Å². The topological polar surface area (TPSA) is 52.2 Å². The summed E-state index contributed by atoms with van der Waals surface area (Å²) >= 11 is 5.58. The van der Waals surface area contributed by atoms with Gasteiger partial charge in [0.15, 0.2) is 5.78 Å². The molecule has 0 radical (unpaired) electrons. The van der Waals surface area contributed by atoms with Gasteiger partial charge in [0.1, 0.15) is 16.3 Å². The number of Topliss-reactive ketones (excluding diaryl/α,β-unsaturated/α-hetero) is 1. The summed E-state index contributed by atoms with van der Waals surface area (Å²) in [4.78, 5) is 25.3. The maximum absolute atomic E-state index is 12.6. The Labute approximate surface area is 211 Å². The highest BCUT2D eigenvalue weighted by Gasteiger charge is 2.28. The van der Waals surface area contributed by atoms with Crippen LogP contribution in [0.3, 0.4) is 0 Å². The Kier molecular flexibility index (Phi) is 6.84. The number of anilines is 1. The molecule has 6 heteroatoms. The van der Waals surface area contributed by atoms with Crippen LogP contribution < -0.4 is 4.90 Å². The number of nitrogens with one attached hydrogen (secondary N) is 1. The summed E-state index contributed by atoms with van der Waals surface area (Å²) < 4.78 is 0.346. The molecule has 5 nitrogen and oxygen atoms in total. The van der Waals surface area contributed by atoms with E-state index in [9.17, 15) is 4.79 Å². The third-order valence-corrected chi connectivity index (χ3v) is 6.82. The first-order chi connectivity index (χ1) is 17.1. The molecule has 1 aromatic heterocycles. The molecule has 2 heterocycles. The van der Waals surface area contributed by atoms with E-state index in [2.05, 4.69) is 80.4 Å². The fourth-order valence-electron chi connectivity index (χ4n) is 4.84. The quantitative estimate of drug-likeness (QED) is 0.274. The molecule has 0 aliphatic carbocycles. The molecule has 0 atom stereocenters. The summed E-state index contributed by atoms with van der Waals surface area (Å²) in [5, 5.41) is 0. The highest BCUT2D eigenvalue weighted by Crippen LogP contribution is 2.31. The Morgan fingerprint density at radius 3 is 1.86 bits per heavy atom. The molecule has 0 amide bonds. The van der Waals surface area contributed by atoms with Crippen LogP contribution in [0.2, 0.25) is 0 Å². The van der Waals surface area contributed by atoms with Crippen LogP contribution in [0.1, 0.15) is 34.5 Å². The molecule has 176 valence electrons. The number of hydrogen-bond acceptors (Lipinski definition) is 5. The van der Waals surface area contributed by atoms with Gasteiger partial charge in [0.05, 0.1) is 11.6 Å². The van der Waals surface area contributed by atoms with Crippen molar-refractivity contribution in [3.63, 3.8) is 0 Å².